The van der Waals surface area contributed by atoms with Crippen LogP contribution < -0.4 is 24.4 Å². The Morgan fingerprint density at radius 2 is 1.32 bits per heavy atom. The number of rotatable bonds is 13. The largest absolute Gasteiger partial charge is 0.524 e. The van der Waals surface area contributed by atoms with Crippen LogP contribution in [-0.4, -0.2) is 97.8 Å². The Labute approximate surface area is 336 Å². The van der Waals surface area contributed by atoms with E-state index < -0.39 is 19.8 Å². The van der Waals surface area contributed by atoms with Crippen LogP contribution >= 0.6 is 42.4 Å². The molecule has 0 saturated carbocycles. The fourth-order valence-corrected chi connectivity index (χ4v) is 9.30. The quantitative estimate of drug-likeness (QED) is 0.0821. The van der Waals surface area contributed by atoms with E-state index in [0.29, 0.717) is 64.4 Å². The number of ether oxygens (including phenoxy) is 2. The lowest BCUT2D eigenvalue weighted by molar-refractivity contribution is 0.0986. The summed E-state index contributed by atoms with van der Waals surface area (Å²) >= 11 is 14.0. The zero-order valence-corrected chi connectivity index (χ0v) is 33.7. The number of benzene rings is 4. The number of phosphoric ester groups is 1. The van der Waals surface area contributed by atoms with Gasteiger partial charge in [-0.3, -0.25) is 19.4 Å². The molecule has 3 amide bonds. The van der Waals surface area contributed by atoms with Crippen molar-refractivity contribution in [2.75, 3.05) is 75.0 Å². The average molecular weight is 842 g/mol. The van der Waals surface area contributed by atoms with E-state index in [0.717, 1.165) is 27.8 Å². The van der Waals surface area contributed by atoms with Gasteiger partial charge in [0.2, 0.25) is 0 Å². The standard InChI is InChI=1S/C39H39Cl2N4O9PS/c1-42-13-14-43(15-16-52-2)39(48)53-31-17-29-35(27-9-5-3-7-25(27)31)23(19-40)21-44(29)37(46)33-11-12-34(56-33)38(47)45-22-24(20-41)36-28-10-6-4-8-26(28)32(18-30(36)45)54-55(49,50)51/h3-12,17-18,23-24,42H,13-16,19-22H2,1-2H3,(H2,49,50,51)/t23-,24-/m1/s1. The second-order valence-corrected chi connectivity index (χ2v) is 16.3. The first-order valence-corrected chi connectivity index (χ1v) is 21.2. The number of phosphoric acid groups is 1. The average Bonchev–Trinajstić information content (AvgIpc) is 3.93. The summed E-state index contributed by atoms with van der Waals surface area (Å²) in [5.41, 5.74) is 2.61. The molecule has 0 radical (unpaired) electrons. The zero-order valence-electron chi connectivity index (χ0n) is 30.4. The van der Waals surface area contributed by atoms with Crippen molar-refractivity contribution >= 4 is 93.2 Å². The molecule has 0 bridgehead atoms. The van der Waals surface area contributed by atoms with Gasteiger partial charge >= 0.3 is 13.9 Å². The molecular formula is C39H39Cl2N4O9PS. The minimum absolute atomic E-state index is 0.0671. The van der Waals surface area contributed by atoms with Crippen LogP contribution in [-0.2, 0) is 9.30 Å². The molecule has 7 rings (SSSR count). The van der Waals surface area contributed by atoms with Crippen LogP contribution in [0.2, 0.25) is 0 Å². The number of carbonyl (C=O) groups is 3. The van der Waals surface area contributed by atoms with Crippen molar-refractivity contribution in [3.8, 4) is 11.5 Å². The molecule has 0 fully saturated rings. The summed E-state index contributed by atoms with van der Waals surface area (Å²) in [5.74, 6) is -0.587. The van der Waals surface area contributed by atoms with Gasteiger partial charge in [-0.1, -0.05) is 48.5 Å². The molecule has 17 heteroatoms. The number of thiophene rings is 1. The Hall–Kier alpha value is -4.24. The van der Waals surface area contributed by atoms with E-state index in [1.807, 2.05) is 24.3 Å². The highest BCUT2D eigenvalue weighted by Gasteiger charge is 2.39. The van der Waals surface area contributed by atoms with Crippen molar-refractivity contribution in [2.24, 2.45) is 0 Å². The minimum Gasteiger partial charge on any atom is -0.409 e. The molecule has 2 aliphatic rings. The lowest BCUT2D eigenvalue weighted by Gasteiger charge is -2.23. The lowest BCUT2D eigenvalue weighted by atomic mass is 9.95. The maximum absolute atomic E-state index is 14.4. The van der Waals surface area contributed by atoms with Crippen LogP contribution in [0, 0.1) is 0 Å². The molecule has 5 aromatic rings. The maximum Gasteiger partial charge on any atom is 0.524 e. The number of amides is 3. The summed E-state index contributed by atoms with van der Waals surface area (Å²) < 4.78 is 28.2. The van der Waals surface area contributed by atoms with Crippen molar-refractivity contribution in [2.45, 2.75) is 11.8 Å². The fraction of sp³-hybridized carbons (Fsp3) is 0.308. The first-order valence-electron chi connectivity index (χ1n) is 17.8. The van der Waals surface area contributed by atoms with Gasteiger partial charge in [-0.25, -0.2) is 9.36 Å². The maximum atomic E-state index is 14.4. The van der Waals surface area contributed by atoms with Crippen LogP contribution in [0.1, 0.15) is 42.3 Å². The van der Waals surface area contributed by atoms with Crippen molar-refractivity contribution in [1.82, 2.24) is 10.2 Å². The van der Waals surface area contributed by atoms with Crippen LogP contribution in [0.4, 0.5) is 16.2 Å². The second kappa shape index (κ2) is 16.7. The Morgan fingerprint density at radius 3 is 1.80 bits per heavy atom. The number of halogens is 2. The number of methoxy groups -OCH3 is 1. The van der Waals surface area contributed by atoms with Gasteiger partial charge in [-0.15, -0.1) is 34.5 Å². The number of likely N-dealkylation sites (N-methyl/N-ethyl adjacent to an activating group) is 1. The summed E-state index contributed by atoms with van der Waals surface area (Å²) in [5, 5.41) is 5.70. The zero-order chi connectivity index (χ0) is 39.7. The highest BCUT2D eigenvalue weighted by molar-refractivity contribution is 7.46. The van der Waals surface area contributed by atoms with E-state index in [2.05, 4.69) is 5.32 Å². The SMILES string of the molecule is CNCCN(CCOC)C(=O)Oc1cc2c(c3ccccc13)[C@H](CCl)CN2C(=O)c1ccc(C(=O)N2C[C@@H](CCl)c3c2cc(OP(=O)(O)O)c2ccccc32)s1. The number of fused-ring (bicyclic) bond motifs is 6. The molecule has 2 aliphatic heterocycles. The number of alkyl halides is 2. The summed E-state index contributed by atoms with van der Waals surface area (Å²) in [6, 6.07) is 20.9. The van der Waals surface area contributed by atoms with E-state index in [1.54, 1.807) is 66.4 Å². The number of carbonyl (C=O) groups excluding carboxylic acids is 3. The molecule has 0 aliphatic carbocycles. The molecule has 56 heavy (non-hydrogen) atoms. The molecule has 3 N–H and O–H groups in total. The van der Waals surface area contributed by atoms with Crippen LogP contribution in [0.25, 0.3) is 21.5 Å². The summed E-state index contributed by atoms with van der Waals surface area (Å²) in [6.45, 7) is 2.09. The Balaban J connectivity index is 1.21. The number of hydrogen-bond acceptors (Lipinski definition) is 9. The van der Waals surface area contributed by atoms with Crippen LogP contribution in [0.3, 0.4) is 0 Å². The first-order chi connectivity index (χ1) is 27.0. The van der Waals surface area contributed by atoms with Crippen LogP contribution in [0.5, 0.6) is 11.5 Å². The van der Waals surface area contributed by atoms with Gasteiger partial charge in [0.15, 0.2) is 0 Å². The molecule has 13 nitrogen and oxygen atoms in total. The Morgan fingerprint density at radius 1 is 0.821 bits per heavy atom. The summed E-state index contributed by atoms with van der Waals surface area (Å²) in [4.78, 5) is 66.7. The van der Waals surface area contributed by atoms with Crippen LogP contribution in [0.15, 0.2) is 72.8 Å². The third kappa shape index (κ3) is 7.72. The smallest absolute Gasteiger partial charge is 0.409 e. The summed E-state index contributed by atoms with van der Waals surface area (Å²) in [6.07, 6.45) is -0.554. The van der Waals surface area contributed by atoms with Crippen molar-refractivity contribution in [3.63, 3.8) is 0 Å². The Kier molecular flexibility index (Phi) is 11.9. The molecule has 3 heterocycles. The summed E-state index contributed by atoms with van der Waals surface area (Å²) in [7, 11) is -1.58. The lowest BCUT2D eigenvalue weighted by Crippen LogP contribution is -2.40. The third-order valence-electron chi connectivity index (χ3n) is 10.0. The molecule has 2 atom stereocenters. The third-order valence-corrected chi connectivity index (χ3v) is 12.3. The van der Waals surface area contributed by atoms with Crippen molar-refractivity contribution in [1.29, 1.82) is 0 Å². The normalized spacial score (nSPS) is 16.3. The molecular weight excluding hydrogens is 802 g/mol. The predicted molar refractivity (Wildman–Crippen MR) is 219 cm³/mol. The highest BCUT2D eigenvalue weighted by atomic mass is 35.5. The molecule has 0 spiro atoms. The van der Waals surface area contributed by atoms with E-state index in [9.17, 15) is 28.7 Å². The number of nitrogens with zero attached hydrogens (tertiary/aromatic N) is 3. The second-order valence-electron chi connectivity index (χ2n) is 13.4. The van der Waals surface area contributed by atoms with Gasteiger partial charge in [0.25, 0.3) is 11.8 Å². The number of anilines is 2. The van der Waals surface area contributed by atoms with Crippen molar-refractivity contribution in [3.05, 3.63) is 93.7 Å². The number of nitrogens with one attached hydrogen (secondary N) is 1. The van der Waals surface area contributed by atoms with E-state index in [4.69, 9.17) is 37.2 Å². The minimum atomic E-state index is -4.94. The predicted octanol–water partition coefficient (Wildman–Crippen LogP) is 7.16. The molecule has 0 unspecified atom stereocenters. The van der Waals surface area contributed by atoms with Gasteiger partial charge in [-0.05, 0) is 41.1 Å². The topological polar surface area (TPSA) is 158 Å². The van der Waals surface area contributed by atoms with E-state index in [-0.39, 0.29) is 53.2 Å². The number of hydrogen-bond donors (Lipinski definition) is 3. The molecule has 1 aromatic heterocycles. The first kappa shape index (κ1) is 40.0. The van der Waals surface area contributed by atoms with Gasteiger partial charge in [0.05, 0.1) is 27.7 Å². The van der Waals surface area contributed by atoms with Gasteiger partial charge in [0, 0.05) is 86.3 Å². The van der Waals surface area contributed by atoms with Gasteiger partial charge < -0.3 is 34.0 Å². The highest BCUT2D eigenvalue weighted by Crippen LogP contribution is 2.50. The van der Waals surface area contributed by atoms with E-state index in [1.165, 1.54) is 11.0 Å². The monoisotopic (exact) mass is 840 g/mol. The van der Waals surface area contributed by atoms with Gasteiger partial charge in [-0.2, -0.15) is 0 Å². The van der Waals surface area contributed by atoms with Gasteiger partial charge in [0.1, 0.15) is 11.5 Å². The van der Waals surface area contributed by atoms with Crippen molar-refractivity contribution < 1.29 is 42.7 Å². The molecule has 4 aromatic carbocycles. The molecule has 0 saturated heterocycles. The van der Waals surface area contributed by atoms with E-state index >= 15 is 0 Å². The fourth-order valence-electron chi connectivity index (χ4n) is 7.49. The Bertz CT molecular complexity index is 2360. The molecule has 294 valence electrons.